The van der Waals surface area contributed by atoms with Crippen LogP contribution in [-0.4, -0.2) is 61.3 Å². The Labute approximate surface area is 116 Å². The van der Waals surface area contributed by atoms with Crippen molar-refractivity contribution in [1.29, 1.82) is 0 Å². The zero-order valence-electron chi connectivity index (χ0n) is 11.1. The van der Waals surface area contributed by atoms with Gasteiger partial charge in [0, 0.05) is 12.1 Å². The summed E-state index contributed by atoms with van der Waals surface area (Å²) < 4.78 is 0. The molecule has 1 heterocycles. The lowest BCUT2D eigenvalue weighted by Gasteiger charge is -2.47. The van der Waals surface area contributed by atoms with Crippen LogP contribution in [0.2, 0.25) is 0 Å². The van der Waals surface area contributed by atoms with Crippen LogP contribution >= 0.6 is 0 Å². The van der Waals surface area contributed by atoms with Gasteiger partial charge in [-0.15, -0.1) is 0 Å². The number of carbonyl (C=O) groups is 2. The number of aliphatic hydroxyl groups is 2. The van der Waals surface area contributed by atoms with Gasteiger partial charge in [-0.05, 0) is 19.3 Å². The van der Waals surface area contributed by atoms with Gasteiger partial charge < -0.3 is 20.4 Å². The third kappa shape index (κ3) is 2.18. The van der Waals surface area contributed by atoms with E-state index in [1.54, 1.807) is 0 Å². The predicted molar refractivity (Wildman–Crippen MR) is 66.5 cm³/mol. The normalized spacial score (nSPS) is 27.1. The molecule has 1 aliphatic heterocycles. The molecule has 1 aliphatic carbocycles. The summed E-state index contributed by atoms with van der Waals surface area (Å²) in [6.07, 6.45) is 2.33. The van der Waals surface area contributed by atoms with Crippen molar-refractivity contribution in [3.8, 4) is 0 Å². The number of aliphatic hydroxyl groups excluding tert-OH is 1. The molecular weight excluding hydrogens is 268 g/mol. The van der Waals surface area contributed by atoms with Gasteiger partial charge in [0.25, 0.3) is 5.72 Å². The molecule has 2 fully saturated rings. The summed E-state index contributed by atoms with van der Waals surface area (Å²) in [6.45, 7) is 0.446. The highest BCUT2D eigenvalue weighted by Crippen LogP contribution is 2.42. The third-order valence-corrected chi connectivity index (χ3v) is 4.39. The standard InChI is InChI=1S/C12H20N2O6/c15-8(9(16)17)12(20,10(18)19)14-11(6-7-13-14)4-2-1-3-5-11/h8,13,15,20H,1-7H2,(H,16,17)(H,18,19). The molecule has 8 nitrogen and oxygen atoms in total. The lowest BCUT2D eigenvalue weighted by molar-refractivity contribution is -0.238. The van der Waals surface area contributed by atoms with E-state index >= 15 is 0 Å². The van der Waals surface area contributed by atoms with Gasteiger partial charge in [-0.25, -0.2) is 9.59 Å². The zero-order valence-corrected chi connectivity index (χ0v) is 11.1. The Morgan fingerprint density at radius 3 is 2.25 bits per heavy atom. The molecule has 0 aromatic rings. The highest BCUT2D eigenvalue weighted by molar-refractivity contribution is 5.86. The number of aliphatic carboxylic acids is 2. The van der Waals surface area contributed by atoms with Crippen molar-refractivity contribution in [2.24, 2.45) is 0 Å². The summed E-state index contributed by atoms with van der Waals surface area (Å²) >= 11 is 0. The van der Waals surface area contributed by atoms with E-state index in [1.165, 1.54) is 0 Å². The maximum atomic E-state index is 11.4. The molecule has 1 saturated heterocycles. The molecule has 8 heteroatoms. The first kappa shape index (κ1) is 15.2. The van der Waals surface area contributed by atoms with Crippen molar-refractivity contribution < 1.29 is 30.0 Å². The van der Waals surface area contributed by atoms with Gasteiger partial charge in [-0.3, -0.25) is 5.43 Å². The molecular formula is C12H20N2O6. The first-order chi connectivity index (χ1) is 9.34. The Hall–Kier alpha value is -1.22. The summed E-state index contributed by atoms with van der Waals surface area (Å²) in [7, 11) is 0. The smallest absolute Gasteiger partial charge is 0.356 e. The molecule has 2 atom stereocenters. The van der Waals surface area contributed by atoms with Gasteiger partial charge in [0.2, 0.25) is 6.10 Å². The molecule has 2 unspecified atom stereocenters. The van der Waals surface area contributed by atoms with E-state index in [4.69, 9.17) is 5.11 Å². The third-order valence-electron chi connectivity index (χ3n) is 4.39. The summed E-state index contributed by atoms with van der Waals surface area (Å²) in [4.78, 5) is 22.4. The fourth-order valence-electron chi connectivity index (χ4n) is 3.35. The quantitative estimate of drug-likeness (QED) is 0.451. The number of rotatable bonds is 4. The fraction of sp³-hybridized carbons (Fsp3) is 0.833. The minimum Gasteiger partial charge on any atom is -0.479 e. The van der Waals surface area contributed by atoms with E-state index in [-0.39, 0.29) is 0 Å². The number of nitrogens with one attached hydrogen (secondary N) is 1. The molecule has 0 aromatic heterocycles. The molecule has 20 heavy (non-hydrogen) atoms. The van der Waals surface area contributed by atoms with Crippen LogP contribution in [-0.2, 0) is 9.59 Å². The molecule has 1 saturated carbocycles. The van der Waals surface area contributed by atoms with Crippen molar-refractivity contribution in [2.45, 2.75) is 55.9 Å². The van der Waals surface area contributed by atoms with Crippen molar-refractivity contribution in [3.63, 3.8) is 0 Å². The van der Waals surface area contributed by atoms with Crippen LogP contribution in [0.5, 0.6) is 0 Å². The summed E-state index contributed by atoms with van der Waals surface area (Å²) in [5, 5.41) is 39.3. The molecule has 0 amide bonds. The number of carboxylic acids is 2. The summed E-state index contributed by atoms with van der Waals surface area (Å²) in [5.41, 5.74) is -0.731. The number of carboxylic acid groups (broad SMARTS) is 2. The largest absolute Gasteiger partial charge is 0.479 e. The first-order valence-corrected chi connectivity index (χ1v) is 6.75. The lowest BCUT2D eigenvalue weighted by Crippen LogP contribution is -2.71. The predicted octanol–water partition coefficient (Wildman–Crippen LogP) is -0.882. The highest BCUT2D eigenvalue weighted by atomic mass is 16.5. The van der Waals surface area contributed by atoms with Crippen LogP contribution in [0.1, 0.15) is 38.5 Å². The number of hydrogen-bond acceptors (Lipinski definition) is 6. The second kappa shape index (κ2) is 5.28. The van der Waals surface area contributed by atoms with E-state index in [9.17, 15) is 24.9 Å². The van der Waals surface area contributed by atoms with Crippen molar-refractivity contribution >= 4 is 11.9 Å². The molecule has 5 N–H and O–H groups in total. The summed E-state index contributed by atoms with van der Waals surface area (Å²) in [5.74, 6) is -3.54. The van der Waals surface area contributed by atoms with E-state index in [1.807, 2.05) is 0 Å². The van der Waals surface area contributed by atoms with Gasteiger partial charge in [0.05, 0.1) is 0 Å². The van der Waals surface area contributed by atoms with E-state index in [2.05, 4.69) is 5.43 Å². The maximum absolute atomic E-state index is 11.4. The van der Waals surface area contributed by atoms with Crippen molar-refractivity contribution in [3.05, 3.63) is 0 Å². The number of hydrazine groups is 1. The Morgan fingerprint density at radius 2 is 1.75 bits per heavy atom. The molecule has 1 spiro atoms. The first-order valence-electron chi connectivity index (χ1n) is 6.75. The second-order valence-corrected chi connectivity index (χ2v) is 5.55. The van der Waals surface area contributed by atoms with E-state index in [0.717, 1.165) is 24.3 Å². The van der Waals surface area contributed by atoms with Gasteiger partial charge >= 0.3 is 11.9 Å². The number of nitrogens with zero attached hydrogens (tertiary/aromatic N) is 1. The Kier molecular flexibility index (Phi) is 4.01. The van der Waals surface area contributed by atoms with Gasteiger partial charge in [0.1, 0.15) is 0 Å². The highest BCUT2D eigenvalue weighted by Gasteiger charge is 2.60. The van der Waals surface area contributed by atoms with Crippen LogP contribution in [0.3, 0.4) is 0 Å². The van der Waals surface area contributed by atoms with Crippen LogP contribution in [0.25, 0.3) is 0 Å². The Balaban J connectivity index is 2.38. The molecule has 0 aromatic carbocycles. The zero-order chi connectivity index (χ0) is 15.0. The van der Waals surface area contributed by atoms with Crippen molar-refractivity contribution in [1.82, 2.24) is 10.4 Å². The monoisotopic (exact) mass is 288 g/mol. The molecule has 2 aliphatic rings. The van der Waals surface area contributed by atoms with Crippen molar-refractivity contribution in [2.75, 3.05) is 6.54 Å². The van der Waals surface area contributed by atoms with Gasteiger partial charge in [-0.1, -0.05) is 19.3 Å². The second-order valence-electron chi connectivity index (χ2n) is 5.55. The maximum Gasteiger partial charge on any atom is 0.356 e. The average molecular weight is 288 g/mol. The number of hydrogen-bond donors (Lipinski definition) is 5. The van der Waals surface area contributed by atoms with E-state index < -0.39 is 29.3 Å². The van der Waals surface area contributed by atoms with Crippen LogP contribution in [0.15, 0.2) is 0 Å². The minimum atomic E-state index is -2.88. The Morgan fingerprint density at radius 1 is 1.15 bits per heavy atom. The lowest BCUT2D eigenvalue weighted by atomic mass is 9.78. The SMILES string of the molecule is O=C(O)C(O)C(O)(C(=O)O)N1NCCC12CCCCC2. The Bertz CT molecular complexity index is 409. The molecule has 0 bridgehead atoms. The molecule has 0 radical (unpaired) electrons. The van der Waals surface area contributed by atoms with Gasteiger partial charge in [0.15, 0.2) is 0 Å². The molecule has 2 rings (SSSR count). The van der Waals surface area contributed by atoms with E-state index in [0.29, 0.717) is 25.8 Å². The van der Waals surface area contributed by atoms with Crippen LogP contribution < -0.4 is 5.43 Å². The average Bonchev–Trinajstić information content (AvgIpc) is 2.81. The topological polar surface area (TPSA) is 130 Å². The summed E-state index contributed by atoms with van der Waals surface area (Å²) in [6, 6.07) is 0. The molecule has 114 valence electrons. The van der Waals surface area contributed by atoms with Crippen LogP contribution in [0, 0.1) is 0 Å². The fourth-order valence-corrected chi connectivity index (χ4v) is 3.35. The minimum absolute atomic E-state index is 0.446. The van der Waals surface area contributed by atoms with Crippen LogP contribution in [0.4, 0.5) is 0 Å². The van der Waals surface area contributed by atoms with Gasteiger partial charge in [-0.2, -0.15) is 5.01 Å².